The van der Waals surface area contributed by atoms with Gasteiger partial charge in [0.25, 0.3) is 0 Å². The zero-order valence-corrected chi connectivity index (χ0v) is 10.7. The molecule has 0 fully saturated rings. The van der Waals surface area contributed by atoms with Crippen LogP contribution in [0.4, 0.5) is 0 Å². The second-order valence-electron chi connectivity index (χ2n) is 4.79. The fraction of sp³-hybridized carbons (Fsp3) is 0.438. The standard InChI is InChI=1S/C16H20N2/c17-13-16(15-9-5-2-6-10-15)18-12-11-14-7-3-1-4-8-14/h2,5-7,9-10,16,18H,1,3-4,8,11-12H2. The molecule has 18 heavy (non-hydrogen) atoms. The van der Waals surface area contributed by atoms with E-state index in [1.807, 2.05) is 30.3 Å². The highest BCUT2D eigenvalue weighted by molar-refractivity contribution is 5.23. The molecule has 2 heteroatoms. The Morgan fingerprint density at radius 3 is 2.72 bits per heavy atom. The summed E-state index contributed by atoms with van der Waals surface area (Å²) in [7, 11) is 0. The molecule has 0 aliphatic heterocycles. The maximum Gasteiger partial charge on any atom is 0.121 e. The van der Waals surface area contributed by atoms with Gasteiger partial charge in [0.1, 0.15) is 6.04 Å². The Bertz CT molecular complexity index is 428. The SMILES string of the molecule is N#CC(NCCC1=CCCCC1)c1ccccc1. The van der Waals surface area contributed by atoms with Gasteiger partial charge in [0, 0.05) is 6.54 Å². The van der Waals surface area contributed by atoms with E-state index in [1.165, 1.54) is 25.7 Å². The van der Waals surface area contributed by atoms with Crippen LogP contribution in [0.15, 0.2) is 42.0 Å². The van der Waals surface area contributed by atoms with Gasteiger partial charge in [-0.25, -0.2) is 0 Å². The third-order valence-corrected chi connectivity index (χ3v) is 3.44. The zero-order valence-electron chi connectivity index (χ0n) is 10.7. The van der Waals surface area contributed by atoms with Gasteiger partial charge in [-0.1, -0.05) is 42.0 Å². The van der Waals surface area contributed by atoms with Gasteiger partial charge < -0.3 is 0 Å². The summed E-state index contributed by atoms with van der Waals surface area (Å²) in [6.07, 6.45) is 8.58. The molecule has 0 saturated carbocycles. The van der Waals surface area contributed by atoms with Crippen molar-refractivity contribution in [3.05, 3.63) is 47.5 Å². The van der Waals surface area contributed by atoms with Crippen molar-refractivity contribution in [2.75, 3.05) is 6.54 Å². The van der Waals surface area contributed by atoms with Crippen LogP contribution in [0.1, 0.15) is 43.7 Å². The highest BCUT2D eigenvalue weighted by Gasteiger charge is 2.09. The molecule has 1 atom stereocenters. The first-order valence-corrected chi connectivity index (χ1v) is 6.76. The Labute approximate surface area is 109 Å². The molecule has 1 unspecified atom stereocenters. The van der Waals surface area contributed by atoms with Crippen LogP contribution in [-0.4, -0.2) is 6.54 Å². The largest absolute Gasteiger partial charge is 0.298 e. The zero-order chi connectivity index (χ0) is 12.6. The van der Waals surface area contributed by atoms with E-state index in [4.69, 9.17) is 0 Å². The quantitative estimate of drug-likeness (QED) is 0.796. The monoisotopic (exact) mass is 240 g/mol. The van der Waals surface area contributed by atoms with Gasteiger partial charge in [-0.3, -0.25) is 5.32 Å². The van der Waals surface area contributed by atoms with Crippen LogP contribution in [0.2, 0.25) is 0 Å². The van der Waals surface area contributed by atoms with E-state index in [2.05, 4.69) is 17.5 Å². The van der Waals surface area contributed by atoms with E-state index in [1.54, 1.807) is 5.57 Å². The number of rotatable bonds is 5. The Morgan fingerprint density at radius 2 is 2.06 bits per heavy atom. The van der Waals surface area contributed by atoms with Crippen LogP contribution in [0.5, 0.6) is 0 Å². The van der Waals surface area contributed by atoms with E-state index in [0.29, 0.717) is 0 Å². The normalized spacial score (nSPS) is 16.7. The third kappa shape index (κ3) is 3.72. The number of hydrogen-bond acceptors (Lipinski definition) is 2. The van der Waals surface area contributed by atoms with E-state index >= 15 is 0 Å². The smallest absolute Gasteiger partial charge is 0.121 e. The summed E-state index contributed by atoms with van der Waals surface area (Å²) in [5.74, 6) is 0. The molecule has 2 rings (SSSR count). The lowest BCUT2D eigenvalue weighted by molar-refractivity contribution is 0.602. The average molecular weight is 240 g/mol. The molecule has 1 aromatic carbocycles. The minimum atomic E-state index is -0.185. The first-order chi connectivity index (χ1) is 8.90. The molecule has 0 bridgehead atoms. The molecule has 1 aliphatic carbocycles. The first-order valence-electron chi connectivity index (χ1n) is 6.76. The summed E-state index contributed by atoms with van der Waals surface area (Å²) in [6.45, 7) is 0.888. The van der Waals surface area contributed by atoms with Crippen molar-refractivity contribution in [2.24, 2.45) is 0 Å². The lowest BCUT2D eigenvalue weighted by atomic mass is 9.97. The Kier molecular flexibility index (Phi) is 4.99. The first kappa shape index (κ1) is 12.9. The number of benzene rings is 1. The van der Waals surface area contributed by atoms with Gasteiger partial charge >= 0.3 is 0 Å². The minimum Gasteiger partial charge on any atom is -0.298 e. The predicted molar refractivity (Wildman–Crippen MR) is 74.0 cm³/mol. The summed E-state index contributed by atoms with van der Waals surface area (Å²) in [6, 6.07) is 12.1. The molecule has 0 saturated heterocycles. The van der Waals surface area contributed by atoms with Gasteiger partial charge in [0.15, 0.2) is 0 Å². The highest BCUT2D eigenvalue weighted by atomic mass is 14.9. The van der Waals surface area contributed by atoms with Crippen molar-refractivity contribution >= 4 is 0 Å². The number of hydrogen-bond donors (Lipinski definition) is 1. The second-order valence-corrected chi connectivity index (χ2v) is 4.79. The molecule has 0 radical (unpaired) electrons. The van der Waals surface area contributed by atoms with Gasteiger partial charge in [0.05, 0.1) is 6.07 Å². The minimum absolute atomic E-state index is 0.185. The van der Waals surface area contributed by atoms with Crippen LogP contribution >= 0.6 is 0 Å². The Balaban J connectivity index is 1.81. The predicted octanol–water partition coefficient (Wildman–Crippen LogP) is 3.73. The van der Waals surface area contributed by atoms with Crippen LogP contribution in [-0.2, 0) is 0 Å². The van der Waals surface area contributed by atoms with Crippen molar-refractivity contribution in [3.63, 3.8) is 0 Å². The van der Waals surface area contributed by atoms with Gasteiger partial charge in [0.2, 0.25) is 0 Å². The molecule has 0 spiro atoms. The highest BCUT2D eigenvalue weighted by Crippen LogP contribution is 2.20. The summed E-state index contributed by atoms with van der Waals surface area (Å²) in [5.41, 5.74) is 2.61. The van der Waals surface area contributed by atoms with Gasteiger partial charge in [-0.15, -0.1) is 0 Å². The van der Waals surface area contributed by atoms with Crippen LogP contribution in [0, 0.1) is 11.3 Å². The lowest BCUT2D eigenvalue weighted by Gasteiger charge is -2.15. The van der Waals surface area contributed by atoms with E-state index in [0.717, 1.165) is 18.5 Å². The topological polar surface area (TPSA) is 35.8 Å². The van der Waals surface area contributed by atoms with Crippen LogP contribution in [0.3, 0.4) is 0 Å². The molecule has 1 aromatic rings. The fourth-order valence-corrected chi connectivity index (χ4v) is 2.39. The number of nitrogens with zero attached hydrogens (tertiary/aromatic N) is 1. The summed E-state index contributed by atoms with van der Waals surface area (Å²) in [5, 5.41) is 12.5. The molecule has 2 nitrogen and oxygen atoms in total. The van der Waals surface area contributed by atoms with E-state index < -0.39 is 0 Å². The van der Waals surface area contributed by atoms with E-state index in [9.17, 15) is 5.26 Å². The maximum absolute atomic E-state index is 9.19. The number of nitrogens with one attached hydrogen (secondary N) is 1. The second kappa shape index (κ2) is 6.98. The summed E-state index contributed by atoms with van der Waals surface area (Å²) < 4.78 is 0. The molecule has 94 valence electrons. The molecule has 1 N–H and O–H groups in total. The van der Waals surface area contributed by atoms with Crippen molar-refractivity contribution in [1.82, 2.24) is 5.32 Å². The molecule has 0 heterocycles. The van der Waals surface area contributed by atoms with Crippen LogP contribution < -0.4 is 5.32 Å². The maximum atomic E-state index is 9.19. The number of nitriles is 1. The van der Waals surface area contributed by atoms with E-state index in [-0.39, 0.29) is 6.04 Å². The van der Waals surface area contributed by atoms with Crippen molar-refractivity contribution in [1.29, 1.82) is 5.26 Å². The molecule has 0 aromatic heterocycles. The lowest BCUT2D eigenvalue weighted by Crippen LogP contribution is -2.21. The molecule has 0 amide bonds. The third-order valence-electron chi connectivity index (χ3n) is 3.44. The van der Waals surface area contributed by atoms with Gasteiger partial charge in [-0.2, -0.15) is 5.26 Å². The van der Waals surface area contributed by atoms with Crippen molar-refractivity contribution in [2.45, 2.75) is 38.1 Å². The number of allylic oxidation sites excluding steroid dienone is 1. The molecular weight excluding hydrogens is 220 g/mol. The van der Waals surface area contributed by atoms with Crippen molar-refractivity contribution < 1.29 is 0 Å². The fourth-order valence-electron chi connectivity index (χ4n) is 2.39. The molecular formula is C16H20N2. The van der Waals surface area contributed by atoms with Gasteiger partial charge in [-0.05, 0) is 37.7 Å². The average Bonchev–Trinajstić information content (AvgIpc) is 2.46. The van der Waals surface area contributed by atoms with Crippen molar-refractivity contribution in [3.8, 4) is 6.07 Å². The van der Waals surface area contributed by atoms with Crippen LogP contribution in [0.25, 0.3) is 0 Å². The summed E-state index contributed by atoms with van der Waals surface area (Å²) >= 11 is 0. The Morgan fingerprint density at radius 1 is 1.22 bits per heavy atom. The summed E-state index contributed by atoms with van der Waals surface area (Å²) in [4.78, 5) is 0. The molecule has 1 aliphatic rings. The Hall–Kier alpha value is -1.59.